The molecule has 0 radical (unpaired) electrons. The number of halogens is 1. The zero-order chi connectivity index (χ0) is 19.1. The molecule has 1 saturated heterocycles. The van der Waals surface area contributed by atoms with Crippen molar-refractivity contribution in [2.24, 2.45) is 0 Å². The van der Waals surface area contributed by atoms with Crippen LogP contribution in [0.5, 0.6) is 0 Å². The molecule has 0 saturated carbocycles. The van der Waals surface area contributed by atoms with Crippen molar-refractivity contribution in [2.75, 3.05) is 25.0 Å². The number of hydrogen-bond donors (Lipinski definition) is 3. The first kappa shape index (κ1) is 17.3. The van der Waals surface area contributed by atoms with Crippen LogP contribution in [0.1, 0.15) is 0 Å². The average molecular weight is 415 g/mol. The summed E-state index contributed by atoms with van der Waals surface area (Å²) in [5.41, 5.74) is 2.69. The van der Waals surface area contributed by atoms with Gasteiger partial charge in [0.25, 0.3) is 0 Å². The largest absolute Gasteiger partial charge is 0.353 e. The van der Waals surface area contributed by atoms with Crippen molar-refractivity contribution in [3.63, 3.8) is 0 Å². The van der Waals surface area contributed by atoms with Crippen molar-refractivity contribution < 1.29 is 4.79 Å². The number of anilines is 1. The third kappa shape index (κ3) is 3.05. The van der Waals surface area contributed by atoms with Crippen molar-refractivity contribution in [2.45, 2.75) is 6.04 Å². The Labute approximate surface area is 168 Å². The third-order valence-corrected chi connectivity index (χ3v) is 5.52. The van der Waals surface area contributed by atoms with Crippen LogP contribution in [0.15, 0.2) is 29.8 Å². The van der Waals surface area contributed by atoms with E-state index in [2.05, 4.69) is 36.0 Å². The number of carbonyl (C=O) groups excluding carboxylic acids is 1. The minimum atomic E-state index is -0.476. The Morgan fingerprint density at radius 3 is 3.11 bits per heavy atom. The number of thiophene rings is 1. The molecule has 5 heterocycles. The van der Waals surface area contributed by atoms with Crippen molar-refractivity contribution in [1.29, 1.82) is 0 Å². The maximum Gasteiger partial charge on any atom is 0.243 e. The van der Waals surface area contributed by atoms with E-state index in [4.69, 9.17) is 11.6 Å². The standard InChI is InChI=1S/C17H15ClN8OS/c18-12-6-9(8-28-12)14-24-15-13-10(2-1-3-20-13)22-17(26(15)25-14)23-11-7-19-4-5-21-16(11)27/h1-3,6,8,11,19H,4-5,7H2,(H,21,27)(H,22,23)/t11-/m1/s1. The number of rotatable bonds is 3. The quantitative estimate of drug-likeness (QED) is 0.466. The molecule has 5 rings (SSSR count). The van der Waals surface area contributed by atoms with E-state index in [1.54, 1.807) is 10.7 Å². The highest BCUT2D eigenvalue weighted by Gasteiger charge is 2.23. The van der Waals surface area contributed by atoms with Crippen LogP contribution in [0.2, 0.25) is 4.34 Å². The van der Waals surface area contributed by atoms with Gasteiger partial charge in [-0.15, -0.1) is 16.4 Å². The molecular weight excluding hydrogens is 400 g/mol. The Morgan fingerprint density at radius 2 is 2.25 bits per heavy atom. The average Bonchev–Trinajstić information content (AvgIpc) is 3.28. The van der Waals surface area contributed by atoms with E-state index in [0.29, 0.717) is 45.9 Å². The Hall–Kier alpha value is -2.82. The number of nitrogens with zero attached hydrogens (tertiary/aromatic N) is 5. The summed E-state index contributed by atoms with van der Waals surface area (Å²) in [6.45, 7) is 1.80. The molecule has 3 N–H and O–H groups in total. The fraction of sp³-hybridized carbons (Fsp3) is 0.235. The summed E-state index contributed by atoms with van der Waals surface area (Å²) in [4.78, 5) is 26.0. The molecule has 1 aliphatic heterocycles. The SMILES string of the molecule is O=C1NCCNC[C@H]1Nc1nc2cccnc2c2nc(-c3csc(Cl)c3)nn12. The molecule has 1 amide bonds. The minimum Gasteiger partial charge on any atom is -0.353 e. The van der Waals surface area contributed by atoms with Gasteiger partial charge in [0.1, 0.15) is 11.6 Å². The van der Waals surface area contributed by atoms with Gasteiger partial charge in [-0.2, -0.15) is 4.52 Å². The summed E-state index contributed by atoms with van der Waals surface area (Å²) in [5.74, 6) is 0.866. The smallest absolute Gasteiger partial charge is 0.243 e. The lowest BCUT2D eigenvalue weighted by molar-refractivity contribution is -0.121. The van der Waals surface area contributed by atoms with Gasteiger partial charge in [0.15, 0.2) is 11.5 Å². The van der Waals surface area contributed by atoms with E-state index >= 15 is 0 Å². The molecule has 0 spiro atoms. The number of fused-ring (bicyclic) bond motifs is 3. The number of aromatic nitrogens is 5. The molecule has 4 aromatic heterocycles. The second kappa shape index (κ2) is 6.97. The first-order valence-corrected chi connectivity index (χ1v) is 9.96. The van der Waals surface area contributed by atoms with Gasteiger partial charge >= 0.3 is 0 Å². The highest BCUT2D eigenvalue weighted by atomic mass is 35.5. The van der Waals surface area contributed by atoms with E-state index in [1.807, 2.05) is 23.6 Å². The predicted molar refractivity (Wildman–Crippen MR) is 108 cm³/mol. The highest BCUT2D eigenvalue weighted by molar-refractivity contribution is 7.14. The molecule has 11 heteroatoms. The Bertz CT molecular complexity index is 1190. The topological polar surface area (TPSA) is 109 Å². The minimum absolute atomic E-state index is 0.0869. The summed E-state index contributed by atoms with van der Waals surface area (Å²) in [6.07, 6.45) is 1.69. The van der Waals surface area contributed by atoms with E-state index in [1.165, 1.54) is 11.3 Å². The zero-order valence-electron chi connectivity index (χ0n) is 14.5. The van der Waals surface area contributed by atoms with Crippen LogP contribution in [0.4, 0.5) is 5.95 Å². The van der Waals surface area contributed by atoms with Crippen molar-refractivity contribution in [3.8, 4) is 11.4 Å². The Kier molecular flexibility index (Phi) is 4.30. The summed E-state index contributed by atoms with van der Waals surface area (Å²) in [5, 5.41) is 15.8. The monoisotopic (exact) mass is 414 g/mol. The molecule has 0 unspecified atom stereocenters. The molecule has 1 fully saturated rings. The number of hydrogen-bond acceptors (Lipinski definition) is 8. The number of amides is 1. The predicted octanol–water partition coefficient (Wildman–Crippen LogP) is 1.55. The van der Waals surface area contributed by atoms with Gasteiger partial charge in [-0.1, -0.05) is 11.6 Å². The lowest BCUT2D eigenvalue weighted by atomic mass is 10.3. The summed E-state index contributed by atoms with van der Waals surface area (Å²) in [6, 6.07) is 5.01. The van der Waals surface area contributed by atoms with Gasteiger partial charge in [0.05, 0.1) is 9.85 Å². The van der Waals surface area contributed by atoms with E-state index < -0.39 is 6.04 Å². The van der Waals surface area contributed by atoms with E-state index in [0.717, 1.165) is 12.1 Å². The molecule has 4 aromatic rings. The normalized spacial score (nSPS) is 17.6. The summed E-state index contributed by atoms with van der Waals surface area (Å²) >= 11 is 7.48. The molecular formula is C17H15ClN8OS. The lowest BCUT2D eigenvalue weighted by Crippen LogP contribution is -2.42. The van der Waals surface area contributed by atoms with Crippen LogP contribution in [0.3, 0.4) is 0 Å². The first-order valence-electron chi connectivity index (χ1n) is 8.70. The zero-order valence-corrected chi connectivity index (χ0v) is 16.1. The number of carbonyl (C=O) groups is 1. The second-order valence-corrected chi connectivity index (χ2v) is 7.85. The second-order valence-electron chi connectivity index (χ2n) is 6.31. The third-order valence-electron chi connectivity index (χ3n) is 4.43. The van der Waals surface area contributed by atoms with Gasteiger partial charge < -0.3 is 16.0 Å². The molecule has 0 bridgehead atoms. The van der Waals surface area contributed by atoms with E-state index in [-0.39, 0.29) is 5.91 Å². The number of pyridine rings is 1. The van der Waals surface area contributed by atoms with Crippen LogP contribution < -0.4 is 16.0 Å². The number of nitrogens with one attached hydrogen (secondary N) is 3. The van der Waals surface area contributed by atoms with Gasteiger partial charge in [-0.3, -0.25) is 9.78 Å². The van der Waals surface area contributed by atoms with Crippen LogP contribution in [0.25, 0.3) is 28.1 Å². The van der Waals surface area contributed by atoms with Crippen LogP contribution in [-0.2, 0) is 4.79 Å². The maximum atomic E-state index is 12.3. The van der Waals surface area contributed by atoms with Gasteiger partial charge in [0, 0.05) is 36.8 Å². The fourth-order valence-electron chi connectivity index (χ4n) is 3.09. The van der Waals surface area contributed by atoms with Crippen molar-refractivity contribution in [3.05, 3.63) is 34.1 Å². The first-order chi connectivity index (χ1) is 13.7. The Morgan fingerprint density at radius 1 is 1.32 bits per heavy atom. The van der Waals surface area contributed by atoms with Crippen molar-refractivity contribution >= 4 is 51.5 Å². The molecule has 0 aromatic carbocycles. The molecule has 9 nitrogen and oxygen atoms in total. The van der Waals surface area contributed by atoms with Crippen LogP contribution in [0, 0.1) is 0 Å². The summed E-state index contributed by atoms with van der Waals surface area (Å²) < 4.78 is 2.25. The molecule has 0 aliphatic carbocycles. The van der Waals surface area contributed by atoms with Gasteiger partial charge in [0.2, 0.25) is 11.9 Å². The summed E-state index contributed by atoms with van der Waals surface area (Å²) in [7, 11) is 0. The molecule has 1 aliphatic rings. The molecule has 1 atom stereocenters. The van der Waals surface area contributed by atoms with Gasteiger partial charge in [-0.05, 0) is 18.2 Å². The highest BCUT2D eigenvalue weighted by Crippen LogP contribution is 2.28. The maximum absolute atomic E-state index is 12.3. The Balaban J connectivity index is 1.66. The van der Waals surface area contributed by atoms with Crippen LogP contribution >= 0.6 is 22.9 Å². The van der Waals surface area contributed by atoms with Crippen LogP contribution in [-0.4, -0.2) is 56.1 Å². The molecule has 142 valence electrons. The van der Waals surface area contributed by atoms with Gasteiger partial charge in [-0.25, -0.2) is 9.97 Å². The fourth-order valence-corrected chi connectivity index (χ4v) is 3.94. The lowest BCUT2D eigenvalue weighted by Gasteiger charge is -2.16. The van der Waals surface area contributed by atoms with Crippen molar-refractivity contribution in [1.82, 2.24) is 35.2 Å². The van der Waals surface area contributed by atoms with E-state index in [9.17, 15) is 4.79 Å². The molecule has 28 heavy (non-hydrogen) atoms.